The van der Waals surface area contributed by atoms with Gasteiger partial charge in [-0.05, 0) is 31.4 Å². The van der Waals surface area contributed by atoms with Crippen LogP contribution < -0.4 is 11.1 Å². The summed E-state index contributed by atoms with van der Waals surface area (Å²) in [5.74, 6) is -1.07. The smallest absolute Gasteiger partial charge is 0.408 e. The third kappa shape index (κ3) is 8.16. The molecule has 0 saturated carbocycles. The van der Waals surface area contributed by atoms with Crippen LogP contribution in [0, 0.1) is 0 Å². The first-order valence-corrected chi connectivity index (χ1v) is 6.53. The third-order valence-corrected chi connectivity index (χ3v) is 2.75. The predicted octanol–water partition coefficient (Wildman–Crippen LogP) is 1.92. The highest BCUT2D eigenvalue weighted by Gasteiger charge is 2.19. The van der Waals surface area contributed by atoms with Crippen LogP contribution in [0.2, 0.25) is 0 Å². The van der Waals surface area contributed by atoms with Gasteiger partial charge in [-0.15, -0.1) is 12.4 Å². The molecule has 0 aliphatic heterocycles. The van der Waals surface area contributed by atoms with E-state index in [1.165, 1.54) is 0 Å². The molecule has 7 heteroatoms. The largest absolute Gasteiger partial charge is 0.480 e. The second kappa shape index (κ2) is 10.9. The molecule has 0 aliphatic carbocycles. The van der Waals surface area contributed by atoms with Crippen LogP contribution in [0.25, 0.3) is 0 Å². The van der Waals surface area contributed by atoms with Crippen molar-refractivity contribution in [3.8, 4) is 0 Å². The highest BCUT2D eigenvalue weighted by molar-refractivity contribution is 5.85. The fraction of sp³-hybridized carbons (Fsp3) is 0.429. The molecular formula is C14H21ClN2O4. The van der Waals surface area contributed by atoms with Crippen molar-refractivity contribution in [3.63, 3.8) is 0 Å². The number of carboxylic acids is 1. The fourth-order valence-corrected chi connectivity index (χ4v) is 1.66. The molecule has 1 unspecified atom stereocenters. The van der Waals surface area contributed by atoms with Crippen molar-refractivity contribution < 1.29 is 19.4 Å². The van der Waals surface area contributed by atoms with Crippen LogP contribution in [0.3, 0.4) is 0 Å². The number of carbonyl (C=O) groups excluding carboxylic acids is 1. The van der Waals surface area contributed by atoms with Crippen LogP contribution in [0.1, 0.15) is 24.8 Å². The standard InChI is InChI=1S/C14H20N2O4.ClH/c15-9-5-4-8-12(13(17)18)16-14(19)20-10-11-6-2-1-3-7-11;/h1-3,6-7,12H,4-5,8-10,15H2,(H,16,19)(H,17,18);1H. The van der Waals surface area contributed by atoms with Crippen LogP contribution in [0.5, 0.6) is 0 Å². The minimum Gasteiger partial charge on any atom is -0.480 e. The van der Waals surface area contributed by atoms with Gasteiger partial charge in [0.25, 0.3) is 0 Å². The number of hydrogen-bond acceptors (Lipinski definition) is 4. The van der Waals surface area contributed by atoms with Crippen molar-refractivity contribution in [2.45, 2.75) is 31.9 Å². The summed E-state index contributed by atoms with van der Waals surface area (Å²) in [6.45, 7) is 0.618. The summed E-state index contributed by atoms with van der Waals surface area (Å²) in [5, 5.41) is 11.3. The Morgan fingerprint density at radius 2 is 1.90 bits per heavy atom. The zero-order chi connectivity index (χ0) is 14.8. The van der Waals surface area contributed by atoms with Gasteiger partial charge in [-0.2, -0.15) is 0 Å². The second-order valence-electron chi connectivity index (χ2n) is 4.38. The van der Waals surface area contributed by atoms with Crippen LogP contribution in [-0.2, 0) is 16.1 Å². The van der Waals surface area contributed by atoms with Crippen molar-refractivity contribution in [2.24, 2.45) is 5.73 Å². The molecule has 1 aromatic carbocycles. The number of carboxylic acid groups (broad SMARTS) is 1. The van der Waals surface area contributed by atoms with E-state index >= 15 is 0 Å². The number of rotatable bonds is 8. The molecule has 0 saturated heterocycles. The SMILES string of the molecule is Cl.NCCCCC(NC(=O)OCc1ccccc1)C(=O)O. The van der Waals surface area contributed by atoms with E-state index in [9.17, 15) is 9.59 Å². The minimum atomic E-state index is -1.07. The number of ether oxygens (including phenoxy) is 1. The summed E-state index contributed by atoms with van der Waals surface area (Å²) >= 11 is 0. The Hall–Kier alpha value is -1.79. The number of benzene rings is 1. The lowest BCUT2D eigenvalue weighted by atomic mass is 10.1. The maximum absolute atomic E-state index is 11.5. The van der Waals surface area contributed by atoms with Gasteiger partial charge >= 0.3 is 12.1 Å². The van der Waals surface area contributed by atoms with E-state index in [1.54, 1.807) is 0 Å². The van der Waals surface area contributed by atoms with Gasteiger partial charge in [-0.25, -0.2) is 9.59 Å². The number of nitrogens with one attached hydrogen (secondary N) is 1. The van der Waals surface area contributed by atoms with Gasteiger partial charge in [0.15, 0.2) is 0 Å². The molecule has 0 aromatic heterocycles. The monoisotopic (exact) mass is 316 g/mol. The molecule has 1 rings (SSSR count). The molecule has 0 fully saturated rings. The van der Waals surface area contributed by atoms with Gasteiger partial charge < -0.3 is 20.9 Å². The maximum Gasteiger partial charge on any atom is 0.408 e. The lowest BCUT2D eigenvalue weighted by molar-refractivity contribution is -0.139. The number of nitrogens with two attached hydrogens (primary N) is 1. The first-order valence-electron chi connectivity index (χ1n) is 6.53. The molecule has 4 N–H and O–H groups in total. The van der Waals surface area contributed by atoms with E-state index < -0.39 is 18.1 Å². The summed E-state index contributed by atoms with van der Waals surface area (Å²) < 4.78 is 4.98. The van der Waals surface area contributed by atoms with E-state index in [1.807, 2.05) is 30.3 Å². The lowest BCUT2D eigenvalue weighted by Gasteiger charge is -2.14. The van der Waals surface area contributed by atoms with E-state index in [2.05, 4.69) is 5.32 Å². The molecular weight excluding hydrogens is 296 g/mol. The Labute approximate surface area is 130 Å². The molecule has 1 aromatic rings. The average molecular weight is 317 g/mol. The fourth-order valence-electron chi connectivity index (χ4n) is 1.66. The minimum absolute atomic E-state index is 0. The molecule has 0 bridgehead atoms. The average Bonchev–Trinajstić information content (AvgIpc) is 2.45. The highest BCUT2D eigenvalue weighted by atomic mass is 35.5. The number of hydrogen-bond donors (Lipinski definition) is 3. The number of amides is 1. The second-order valence-corrected chi connectivity index (χ2v) is 4.38. The first-order chi connectivity index (χ1) is 9.63. The molecule has 118 valence electrons. The van der Waals surface area contributed by atoms with Crippen LogP contribution in [-0.4, -0.2) is 29.8 Å². The highest BCUT2D eigenvalue weighted by Crippen LogP contribution is 2.03. The van der Waals surface area contributed by atoms with E-state index in [4.69, 9.17) is 15.6 Å². The number of carbonyl (C=O) groups is 2. The van der Waals surface area contributed by atoms with Crippen LogP contribution >= 0.6 is 12.4 Å². The van der Waals surface area contributed by atoms with E-state index in [0.29, 0.717) is 19.4 Å². The van der Waals surface area contributed by atoms with Gasteiger partial charge in [0.05, 0.1) is 0 Å². The Morgan fingerprint density at radius 1 is 1.24 bits per heavy atom. The van der Waals surface area contributed by atoms with Crippen LogP contribution in [0.15, 0.2) is 30.3 Å². The lowest BCUT2D eigenvalue weighted by Crippen LogP contribution is -2.41. The summed E-state index contributed by atoms with van der Waals surface area (Å²) in [6.07, 6.45) is 0.984. The Kier molecular flexibility index (Phi) is 10.0. The maximum atomic E-state index is 11.5. The zero-order valence-electron chi connectivity index (χ0n) is 11.7. The molecule has 21 heavy (non-hydrogen) atoms. The van der Waals surface area contributed by atoms with Crippen molar-refractivity contribution in [2.75, 3.05) is 6.54 Å². The number of alkyl carbamates (subject to hydrolysis) is 1. The summed E-state index contributed by atoms with van der Waals surface area (Å²) in [7, 11) is 0. The van der Waals surface area contributed by atoms with Crippen molar-refractivity contribution >= 4 is 24.5 Å². The summed E-state index contributed by atoms with van der Waals surface area (Å²) in [4.78, 5) is 22.5. The van der Waals surface area contributed by atoms with Gasteiger partial charge in [-0.3, -0.25) is 0 Å². The van der Waals surface area contributed by atoms with Crippen molar-refractivity contribution in [1.29, 1.82) is 0 Å². The Balaban J connectivity index is 0.00000400. The van der Waals surface area contributed by atoms with Crippen LogP contribution in [0.4, 0.5) is 4.79 Å². The zero-order valence-corrected chi connectivity index (χ0v) is 12.5. The molecule has 6 nitrogen and oxygen atoms in total. The quantitative estimate of drug-likeness (QED) is 0.636. The predicted molar refractivity (Wildman–Crippen MR) is 81.3 cm³/mol. The molecule has 1 atom stereocenters. The molecule has 1 amide bonds. The number of halogens is 1. The van der Waals surface area contributed by atoms with E-state index in [0.717, 1.165) is 12.0 Å². The van der Waals surface area contributed by atoms with Gasteiger partial charge in [0.2, 0.25) is 0 Å². The molecule has 0 aliphatic rings. The van der Waals surface area contributed by atoms with Crippen molar-refractivity contribution in [1.82, 2.24) is 5.32 Å². The number of aliphatic carboxylic acids is 1. The third-order valence-electron chi connectivity index (χ3n) is 2.75. The Morgan fingerprint density at radius 3 is 2.48 bits per heavy atom. The van der Waals surface area contributed by atoms with Gasteiger partial charge in [0, 0.05) is 0 Å². The van der Waals surface area contributed by atoms with Gasteiger partial charge in [-0.1, -0.05) is 30.3 Å². The summed E-state index contributed by atoms with van der Waals surface area (Å²) in [6, 6.07) is 8.24. The Bertz CT molecular complexity index is 428. The van der Waals surface area contributed by atoms with E-state index in [-0.39, 0.29) is 19.0 Å². The van der Waals surface area contributed by atoms with Gasteiger partial charge in [0.1, 0.15) is 12.6 Å². The molecule has 0 heterocycles. The summed E-state index contributed by atoms with van der Waals surface area (Å²) in [5.41, 5.74) is 6.19. The number of unbranched alkanes of at least 4 members (excludes halogenated alkanes) is 1. The molecule has 0 radical (unpaired) electrons. The normalized spacial score (nSPS) is 11.1. The first kappa shape index (κ1) is 19.2. The van der Waals surface area contributed by atoms with Crippen molar-refractivity contribution in [3.05, 3.63) is 35.9 Å². The molecule has 0 spiro atoms. The topological polar surface area (TPSA) is 102 Å².